The molecular formula is C24H25F5N6O2. The van der Waals surface area contributed by atoms with E-state index in [-0.39, 0.29) is 18.1 Å². The van der Waals surface area contributed by atoms with E-state index in [4.69, 9.17) is 4.74 Å². The molecule has 0 aliphatic carbocycles. The molecule has 0 bridgehead atoms. The summed E-state index contributed by atoms with van der Waals surface area (Å²) in [7, 11) is 3.13. The van der Waals surface area contributed by atoms with Gasteiger partial charge >= 0.3 is 6.18 Å². The predicted octanol–water partition coefficient (Wildman–Crippen LogP) is 4.50. The number of anilines is 1. The molecule has 13 heteroatoms. The molecule has 1 amide bonds. The van der Waals surface area contributed by atoms with E-state index in [1.54, 1.807) is 44.4 Å². The van der Waals surface area contributed by atoms with E-state index in [2.05, 4.69) is 20.4 Å². The zero-order valence-corrected chi connectivity index (χ0v) is 20.3. The topological polar surface area (TPSA) is 85.2 Å². The number of carbonyl (C=O) groups is 1. The molecule has 1 aliphatic heterocycles. The number of likely N-dealkylation sites (tertiary alicyclic amines) is 1. The van der Waals surface area contributed by atoms with Crippen molar-refractivity contribution in [2.45, 2.75) is 31.5 Å². The fourth-order valence-corrected chi connectivity index (χ4v) is 4.44. The summed E-state index contributed by atoms with van der Waals surface area (Å²) in [5.74, 6) is -3.86. The van der Waals surface area contributed by atoms with Crippen LogP contribution < -0.4 is 10.1 Å². The third-order valence-electron chi connectivity index (χ3n) is 6.19. The largest absolute Gasteiger partial charge is 0.497 e. The zero-order valence-electron chi connectivity index (χ0n) is 20.3. The lowest BCUT2D eigenvalue weighted by molar-refractivity contribution is -0.141. The van der Waals surface area contributed by atoms with Crippen molar-refractivity contribution in [3.63, 3.8) is 0 Å². The summed E-state index contributed by atoms with van der Waals surface area (Å²) in [6, 6.07) is 6.23. The first kappa shape index (κ1) is 26.3. The molecule has 0 saturated carbocycles. The number of rotatable bonds is 6. The van der Waals surface area contributed by atoms with E-state index in [9.17, 15) is 26.7 Å². The number of methoxy groups -OCH3 is 1. The number of nitrogens with one attached hydrogen (secondary N) is 1. The zero-order chi connectivity index (χ0) is 27.0. The Morgan fingerprint density at radius 2 is 2.00 bits per heavy atom. The number of carbonyl (C=O) groups excluding carboxylic acids is 1. The van der Waals surface area contributed by atoms with Crippen molar-refractivity contribution < 1.29 is 31.5 Å². The van der Waals surface area contributed by atoms with E-state index in [0.717, 1.165) is 11.1 Å². The van der Waals surface area contributed by atoms with E-state index >= 15 is 0 Å². The molecule has 1 N–H and O–H groups in total. The van der Waals surface area contributed by atoms with Gasteiger partial charge in [-0.2, -0.15) is 18.3 Å². The normalized spacial score (nSPS) is 19.5. The molecule has 1 fully saturated rings. The smallest absolute Gasteiger partial charge is 0.434 e. The van der Waals surface area contributed by atoms with Crippen LogP contribution >= 0.6 is 0 Å². The second kappa shape index (κ2) is 9.94. The monoisotopic (exact) mass is 524 g/mol. The predicted molar refractivity (Wildman–Crippen MR) is 124 cm³/mol. The Labute approximate surface area is 209 Å². The highest BCUT2D eigenvalue weighted by Gasteiger charge is 2.47. The quantitative estimate of drug-likeness (QED) is 0.478. The number of aryl methyl sites for hydroxylation is 1. The average Bonchev–Trinajstić information content (AvgIpc) is 3.23. The third-order valence-corrected chi connectivity index (χ3v) is 6.19. The van der Waals surface area contributed by atoms with Crippen molar-refractivity contribution in [2.24, 2.45) is 13.0 Å². The Balaban J connectivity index is 1.62. The highest BCUT2D eigenvalue weighted by atomic mass is 19.4. The van der Waals surface area contributed by atoms with Crippen LogP contribution in [-0.4, -0.2) is 62.7 Å². The lowest BCUT2D eigenvalue weighted by Gasteiger charge is -2.43. The van der Waals surface area contributed by atoms with Crippen molar-refractivity contribution in [3.05, 3.63) is 54.2 Å². The minimum Gasteiger partial charge on any atom is -0.497 e. The van der Waals surface area contributed by atoms with Crippen molar-refractivity contribution in [1.29, 1.82) is 0 Å². The van der Waals surface area contributed by atoms with Gasteiger partial charge in [0.1, 0.15) is 11.6 Å². The van der Waals surface area contributed by atoms with Crippen LogP contribution in [0.2, 0.25) is 0 Å². The van der Waals surface area contributed by atoms with Gasteiger partial charge in [0.15, 0.2) is 11.4 Å². The van der Waals surface area contributed by atoms with E-state index < -0.39 is 48.6 Å². The molecule has 37 heavy (non-hydrogen) atoms. The van der Waals surface area contributed by atoms with Gasteiger partial charge in [-0.1, -0.05) is 19.1 Å². The van der Waals surface area contributed by atoms with Gasteiger partial charge < -0.3 is 15.0 Å². The SMILES string of the molecule is COc1cccc(-c2cn(C)nc2C(=O)N2CC(F)(F)C[C@@H](C)C2CNc2cnc(C(F)(F)F)cn2)c1. The molecule has 2 atom stereocenters. The maximum absolute atomic E-state index is 14.6. The van der Waals surface area contributed by atoms with Gasteiger partial charge in [0.25, 0.3) is 11.8 Å². The fraction of sp³-hybridized carbons (Fsp3) is 0.417. The first-order valence-corrected chi connectivity index (χ1v) is 11.4. The van der Waals surface area contributed by atoms with Crippen LogP contribution in [-0.2, 0) is 13.2 Å². The van der Waals surface area contributed by atoms with E-state index in [0.29, 0.717) is 23.1 Å². The Morgan fingerprint density at radius 3 is 2.65 bits per heavy atom. The summed E-state index contributed by atoms with van der Waals surface area (Å²) in [6.45, 7) is 0.749. The Morgan fingerprint density at radius 1 is 1.24 bits per heavy atom. The van der Waals surface area contributed by atoms with Crippen LogP contribution in [0.3, 0.4) is 0 Å². The molecule has 3 aromatic rings. The van der Waals surface area contributed by atoms with Gasteiger partial charge in [0.05, 0.1) is 32.1 Å². The molecule has 0 radical (unpaired) electrons. The number of halogens is 5. The van der Waals surface area contributed by atoms with Crippen LogP contribution in [0.4, 0.5) is 27.8 Å². The van der Waals surface area contributed by atoms with E-state index in [1.807, 2.05) is 0 Å². The van der Waals surface area contributed by atoms with Gasteiger partial charge in [-0.3, -0.25) is 9.48 Å². The highest BCUT2D eigenvalue weighted by molar-refractivity contribution is 5.99. The maximum Gasteiger partial charge on any atom is 0.434 e. The molecule has 198 valence electrons. The molecule has 3 heterocycles. The first-order valence-electron chi connectivity index (χ1n) is 11.4. The fourth-order valence-electron chi connectivity index (χ4n) is 4.44. The van der Waals surface area contributed by atoms with Crippen LogP contribution in [0.25, 0.3) is 11.1 Å². The lowest BCUT2D eigenvalue weighted by Crippen LogP contribution is -2.57. The number of aromatic nitrogens is 4. The highest BCUT2D eigenvalue weighted by Crippen LogP contribution is 2.36. The summed E-state index contributed by atoms with van der Waals surface area (Å²) in [5.41, 5.74) is -0.0729. The number of hydrogen-bond acceptors (Lipinski definition) is 6. The summed E-state index contributed by atoms with van der Waals surface area (Å²) in [5, 5.41) is 7.10. The molecule has 1 saturated heterocycles. The third kappa shape index (κ3) is 5.81. The second-order valence-corrected chi connectivity index (χ2v) is 9.00. The summed E-state index contributed by atoms with van der Waals surface area (Å²) in [6.07, 6.45) is -1.97. The molecule has 1 unspecified atom stereocenters. The van der Waals surface area contributed by atoms with Gasteiger partial charge in [-0.05, 0) is 23.6 Å². The number of nitrogens with zero attached hydrogens (tertiary/aromatic N) is 5. The first-order chi connectivity index (χ1) is 17.4. The number of alkyl halides is 5. The molecule has 8 nitrogen and oxygen atoms in total. The Kier molecular flexibility index (Phi) is 7.07. The Hall–Kier alpha value is -3.77. The summed E-state index contributed by atoms with van der Waals surface area (Å²) < 4.78 is 74.2. The van der Waals surface area contributed by atoms with Crippen LogP contribution in [0.15, 0.2) is 42.9 Å². The van der Waals surface area contributed by atoms with Crippen molar-refractivity contribution in [3.8, 4) is 16.9 Å². The molecule has 0 spiro atoms. The number of ether oxygens (including phenoxy) is 1. The van der Waals surface area contributed by atoms with Gasteiger partial charge in [0, 0.05) is 31.8 Å². The second-order valence-electron chi connectivity index (χ2n) is 9.00. The van der Waals surface area contributed by atoms with Crippen LogP contribution in [0, 0.1) is 5.92 Å². The minimum absolute atomic E-state index is 0.0000233. The number of benzene rings is 1. The molecule has 2 aromatic heterocycles. The van der Waals surface area contributed by atoms with Crippen molar-refractivity contribution >= 4 is 11.7 Å². The average molecular weight is 524 g/mol. The van der Waals surface area contributed by atoms with Gasteiger partial charge in [0.2, 0.25) is 0 Å². The van der Waals surface area contributed by atoms with Gasteiger partial charge in [-0.25, -0.2) is 18.7 Å². The van der Waals surface area contributed by atoms with Crippen molar-refractivity contribution in [2.75, 3.05) is 25.5 Å². The summed E-state index contributed by atoms with van der Waals surface area (Å²) >= 11 is 0. The molecular weight excluding hydrogens is 499 g/mol. The number of piperidine rings is 1. The molecule has 1 aromatic carbocycles. The minimum atomic E-state index is -4.64. The van der Waals surface area contributed by atoms with Crippen LogP contribution in [0.1, 0.15) is 29.5 Å². The molecule has 4 rings (SSSR count). The standard InChI is InChI=1S/C24H25F5N6O2/c1-14-8-23(25,26)13-35(18(14)9-31-20-11-30-19(10-32-20)24(27,28)29)22(36)21-17(12-34(2)33-21)15-5-4-6-16(7-15)37-3/h4-7,10-12,14,18H,8-9,13H2,1-3H3,(H,31,32)/t14-,18?/m1/s1. The van der Waals surface area contributed by atoms with E-state index in [1.165, 1.54) is 11.8 Å². The Bertz CT molecular complexity index is 1260. The van der Waals surface area contributed by atoms with Crippen molar-refractivity contribution in [1.82, 2.24) is 24.6 Å². The number of hydrogen-bond donors (Lipinski definition) is 1. The van der Waals surface area contributed by atoms with Gasteiger partial charge in [-0.15, -0.1) is 0 Å². The summed E-state index contributed by atoms with van der Waals surface area (Å²) in [4.78, 5) is 21.8. The lowest BCUT2D eigenvalue weighted by atomic mass is 9.88. The number of amides is 1. The molecule has 1 aliphatic rings. The maximum atomic E-state index is 14.6. The van der Waals surface area contributed by atoms with Crippen LogP contribution in [0.5, 0.6) is 5.75 Å².